The number of aromatic nitrogens is 1. The van der Waals surface area contributed by atoms with E-state index in [0.717, 1.165) is 98.8 Å². The number of piperazine rings is 1. The highest BCUT2D eigenvalue weighted by Gasteiger charge is 2.57. The molecule has 4 aliphatic heterocycles. The van der Waals surface area contributed by atoms with Crippen molar-refractivity contribution in [3.63, 3.8) is 0 Å². The number of methoxy groups -OCH3 is 1. The molecule has 2 saturated carbocycles. The summed E-state index contributed by atoms with van der Waals surface area (Å²) in [5, 5.41) is 12.4. The summed E-state index contributed by atoms with van der Waals surface area (Å²) < 4.78 is 25.7. The van der Waals surface area contributed by atoms with Gasteiger partial charge in [-0.2, -0.15) is 0 Å². The first kappa shape index (κ1) is 46.3. The maximum absolute atomic E-state index is 13.3. The minimum Gasteiger partial charge on any atom is -0.495 e. The fraction of sp³-hybridized carbons (Fsp3) is 0.407. The molecule has 5 heterocycles. The Labute approximate surface area is 411 Å². The van der Waals surface area contributed by atoms with E-state index in [-0.39, 0.29) is 29.7 Å². The standard InChI is InChI=1S/C54H58FN9O7/c1-70-47-31-40-43(56-22-15-46(40)71-38-11-9-37(10-12-38)59-52(69)53(18-19-53)51(68)58-36-7-5-35(55)6-8-36)32-45(47)62-24-16-34(17-25-62)54(20-21-54)63-29-27-61(28-30-63)26-23-57-42-4-2-3-39-41(42)33-64(50(39)67)44-13-14-48(65)60-49(44)66/h2-12,15,22,31-32,34,44,57H,13-14,16-21,23-30,33H2,1H3,(H,58,68)(H,59,69)(H,60,65,66). The van der Waals surface area contributed by atoms with Crippen LogP contribution in [-0.2, 0) is 25.7 Å². The lowest BCUT2D eigenvalue weighted by molar-refractivity contribution is -0.137. The number of ether oxygens (including phenoxy) is 2. The van der Waals surface area contributed by atoms with E-state index >= 15 is 0 Å². The Morgan fingerprint density at radius 3 is 2.18 bits per heavy atom. The molecule has 5 fully saturated rings. The fourth-order valence-corrected chi connectivity index (χ4v) is 11.4. The van der Waals surface area contributed by atoms with E-state index in [4.69, 9.17) is 14.5 Å². The molecule has 5 amide bonds. The molecule has 71 heavy (non-hydrogen) atoms. The zero-order valence-electron chi connectivity index (χ0n) is 39.8. The quantitative estimate of drug-likeness (QED) is 0.0641. The maximum Gasteiger partial charge on any atom is 0.255 e. The second-order valence-electron chi connectivity index (χ2n) is 19.8. The van der Waals surface area contributed by atoms with Crippen LogP contribution in [0.15, 0.2) is 91.1 Å². The highest BCUT2D eigenvalue weighted by atomic mass is 19.1. The van der Waals surface area contributed by atoms with E-state index in [1.807, 2.05) is 30.3 Å². The van der Waals surface area contributed by atoms with Crippen molar-refractivity contribution in [2.75, 3.05) is 80.3 Å². The Hall–Kier alpha value is -7.11. The van der Waals surface area contributed by atoms with Crippen molar-refractivity contribution in [1.29, 1.82) is 0 Å². The fourth-order valence-electron chi connectivity index (χ4n) is 11.4. The first-order valence-corrected chi connectivity index (χ1v) is 24.9. The average molecular weight is 964 g/mol. The van der Waals surface area contributed by atoms with Crippen molar-refractivity contribution in [2.24, 2.45) is 11.3 Å². The molecule has 0 radical (unpaired) electrons. The third-order valence-electron chi connectivity index (χ3n) is 15.7. The highest BCUT2D eigenvalue weighted by molar-refractivity contribution is 6.17. The Bertz CT molecular complexity index is 2890. The number of pyridine rings is 1. The lowest BCUT2D eigenvalue weighted by Crippen LogP contribution is -2.55. The number of piperidine rings is 2. The van der Waals surface area contributed by atoms with Crippen LogP contribution in [0.3, 0.4) is 0 Å². The second kappa shape index (κ2) is 18.9. The normalized spacial score (nSPS) is 20.8. The maximum atomic E-state index is 13.3. The summed E-state index contributed by atoms with van der Waals surface area (Å²) >= 11 is 0. The van der Waals surface area contributed by atoms with E-state index < -0.39 is 29.1 Å². The van der Waals surface area contributed by atoms with Gasteiger partial charge in [-0.1, -0.05) is 6.07 Å². The molecule has 0 bridgehead atoms. The van der Waals surface area contributed by atoms with Gasteiger partial charge in [-0.15, -0.1) is 0 Å². The summed E-state index contributed by atoms with van der Waals surface area (Å²) in [5.74, 6) is 0.518. The van der Waals surface area contributed by atoms with E-state index in [9.17, 15) is 28.4 Å². The zero-order valence-corrected chi connectivity index (χ0v) is 39.8. The number of hydrogen-bond donors (Lipinski definition) is 4. The Morgan fingerprint density at radius 1 is 0.817 bits per heavy atom. The number of carbonyl (C=O) groups is 5. The Morgan fingerprint density at radius 2 is 1.52 bits per heavy atom. The predicted molar refractivity (Wildman–Crippen MR) is 266 cm³/mol. The van der Waals surface area contributed by atoms with Crippen LogP contribution in [0.4, 0.5) is 27.1 Å². The van der Waals surface area contributed by atoms with Gasteiger partial charge in [0.05, 0.1) is 18.3 Å². The van der Waals surface area contributed by atoms with Crippen LogP contribution < -0.4 is 35.6 Å². The predicted octanol–water partition coefficient (Wildman–Crippen LogP) is 6.77. The third kappa shape index (κ3) is 9.12. The summed E-state index contributed by atoms with van der Waals surface area (Å²) in [4.78, 5) is 78.0. The van der Waals surface area contributed by atoms with Gasteiger partial charge in [-0.25, -0.2) is 4.39 Å². The summed E-state index contributed by atoms with van der Waals surface area (Å²) in [6.07, 6.45) is 7.88. The van der Waals surface area contributed by atoms with Gasteiger partial charge in [0.15, 0.2) is 0 Å². The number of halogens is 1. The van der Waals surface area contributed by atoms with Crippen molar-refractivity contribution in [3.8, 4) is 17.2 Å². The molecule has 1 atom stereocenters. The smallest absolute Gasteiger partial charge is 0.255 e. The molecule has 368 valence electrons. The number of nitrogens with zero attached hydrogens (tertiary/aromatic N) is 5. The topological polar surface area (TPSA) is 178 Å². The van der Waals surface area contributed by atoms with Crippen molar-refractivity contribution in [1.82, 2.24) is 25.0 Å². The third-order valence-corrected chi connectivity index (χ3v) is 15.7. The minimum absolute atomic E-state index is 0.159. The lowest BCUT2D eigenvalue weighted by atomic mass is 9.85. The number of carbonyl (C=O) groups excluding carboxylic acids is 5. The monoisotopic (exact) mass is 963 g/mol. The summed E-state index contributed by atoms with van der Waals surface area (Å²) in [5.41, 5.74) is 4.34. The molecule has 3 saturated heterocycles. The van der Waals surface area contributed by atoms with E-state index in [0.29, 0.717) is 60.2 Å². The Kier molecular flexibility index (Phi) is 12.3. The summed E-state index contributed by atoms with van der Waals surface area (Å²) in [6, 6.07) is 23.5. The highest BCUT2D eigenvalue weighted by Crippen LogP contribution is 2.52. The molecule has 0 spiro atoms. The van der Waals surface area contributed by atoms with Crippen LogP contribution in [0.1, 0.15) is 67.3 Å². The van der Waals surface area contributed by atoms with E-state index in [2.05, 4.69) is 42.0 Å². The van der Waals surface area contributed by atoms with Crippen molar-refractivity contribution >= 4 is 63.2 Å². The van der Waals surface area contributed by atoms with Crippen molar-refractivity contribution in [2.45, 2.75) is 69.5 Å². The Balaban J connectivity index is 0.659. The number of hydrogen-bond acceptors (Lipinski definition) is 12. The van der Waals surface area contributed by atoms with Crippen LogP contribution >= 0.6 is 0 Å². The molecular formula is C54H58FN9O7. The molecule has 2 aliphatic carbocycles. The number of rotatable bonds is 15. The molecule has 16 nitrogen and oxygen atoms in total. The number of anilines is 4. The number of imide groups is 1. The molecule has 1 aromatic heterocycles. The van der Waals surface area contributed by atoms with E-state index in [1.54, 1.807) is 42.5 Å². The molecule has 17 heteroatoms. The van der Waals surface area contributed by atoms with Crippen molar-refractivity contribution < 1.29 is 37.8 Å². The van der Waals surface area contributed by atoms with E-state index in [1.165, 1.54) is 37.1 Å². The lowest BCUT2D eigenvalue weighted by Gasteiger charge is -2.46. The number of benzene rings is 4. The van der Waals surface area contributed by atoms with Crippen LogP contribution in [0.2, 0.25) is 0 Å². The van der Waals surface area contributed by atoms with Crippen molar-refractivity contribution in [3.05, 3.63) is 108 Å². The molecule has 4 N–H and O–H groups in total. The second-order valence-corrected chi connectivity index (χ2v) is 19.8. The van der Waals surface area contributed by atoms with Gasteiger partial charge in [-0.05, 0) is 130 Å². The molecule has 1 unspecified atom stereocenters. The number of amides is 5. The van der Waals surface area contributed by atoms with Gasteiger partial charge in [0, 0.05) is 111 Å². The van der Waals surface area contributed by atoms with Gasteiger partial charge < -0.3 is 35.2 Å². The first-order chi connectivity index (χ1) is 34.5. The van der Waals surface area contributed by atoms with Crippen LogP contribution in [0, 0.1) is 17.2 Å². The van der Waals surface area contributed by atoms with Gasteiger partial charge in [0.25, 0.3) is 5.91 Å². The minimum atomic E-state index is -1.17. The molecule has 5 aromatic rings. The average Bonchev–Trinajstić information content (AvgIpc) is 4.33. The molecule has 6 aliphatic rings. The van der Waals surface area contributed by atoms with Crippen LogP contribution in [0.25, 0.3) is 10.9 Å². The van der Waals surface area contributed by atoms with Gasteiger partial charge in [-0.3, -0.25) is 44.1 Å². The van der Waals surface area contributed by atoms with Crippen LogP contribution in [0.5, 0.6) is 17.2 Å². The number of fused-ring (bicyclic) bond motifs is 2. The largest absolute Gasteiger partial charge is 0.495 e. The van der Waals surface area contributed by atoms with Crippen LogP contribution in [-0.4, -0.2) is 120 Å². The molecular weight excluding hydrogens is 906 g/mol. The zero-order chi connectivity index (χ0) is 48.9. The van der Waals surface area contributed by atoms with Gasteiger partial charge in [0.2, 0.25) is 23.6 Å². The molecule has 11 rings (SSSR count). The SMILES string of the molecule is COc1cc2c(Oc3ccc(NC(=O)C4(C(=O)Nc5ccc(F)cc5)CC4)cc3)ccnc2cc1N1CCC(C2(N3CCN(CCNc4cccc5c4CN(C4CCC(=O)NC4=O)C5=O)CC3)CC2)CC1. The summed E-state index contributed by atoms with van der Waals surface area (Å²) in [7, 11) is 1.70. The van der Waals surface area contributed by atoms with Gasteiger partial charge >= 0.3 is 0 Å². The number of nitrogens with one attached hydrogen (secondary N) is 4. The summed E-state index contributed by atoms with van der Waals surface area (Å²) in [6.45, 7) is 7.98. The molecule has 4 aromatic carbocycles. The first-order valence-electron chi connectivity index (χ1n) is 24.9. The van der Waals surface area contributed by atoms with Gasteiger partial charge in [0.1, 0.15) is 34.5 Å².